The molecule has 0 saturated carbocycles. The van der Waals surface area contributed by atoms with Gasteiger partial charge in [-0.15, -0.1) is 0 Å². The van der Waals surface area contributed by atoms with Gasteiger partial charge in [-0.3, -0.25) is 9.78 Å². The van der Waals surface area contributed by atoms with Crippen molar-refractivity contribution in [2.45, 2.75) is 19.8 Å². The van der Waals surface area contributed by atoms with Crippen LogP contribution in [0.1, 0.15) is 28.5 Å². The first-order valence-electron chi connectivity index (χ1n) is 6.67. The molecule has 0 aliphatic carbocycles. The first-order chi connectivity index (χ1) is 9.78. The third-order valence-electron chi connectivity index (χ3n) is 3.36. The summed E-state index contributed by atoms with van der Waals surface area (Å²) >= 11 is 0. The molecule has 0 bridgehead atoms. The van der Waals surface area contributed by atoms with Gasteiger partial charge < -0.3 is 0 Å². The monoisotopic (exact) mass is 265 g/mol. The molecule has 3 aromatic heterocycles. The van der Waals surface area contributed by atoms with Crippen LogP contribution in [0.15, 0.2) is 48.9 Å². The minimum atomic E-state index is 0.0444. The number of hydrogen-bond donors (Lipinski definition) is 0. The highest BCUT2D eigenvalue weighted by Crippen LogP contribution is 2.13. The number of pyridine rings is 2. The maximum atomic E-state index is 12.4. The molecular weight excluding hydrogens is 250 g/mol. The molecule has 0 aliphatic heterocycles. The number of hydrogen-bond acceptors (Lipinski definition) is 3. The van der Waals surface area contributed by atoms with Crippen molar-refractivity contribution in [2.24, 2.45) is 0 Å². The Balaban J connectivity index is 1.85. The molecule has 0 spiro atoms. The van der Waals surface area contributed by atoms with Crippen molar-refractivity contribution in [3.63, 3.8) is 0 Å². The molecule has 100 valence electrons. The lowest BCUT2D eigenvalue weighted by Crippen LogP contribution is -2.05. The lowest BCUT2D eigenvalue weighted by molar-refractivity contribution is 0.0993. The van der Waals surface area contributed by atoms with Crippen LogP contribution in [0.4, 0.5) is 0 Å². The molecule has 0 radical (unpaired) electrons. The fraction of sp³-hybridized carbons (Fsp3) is 0.188. The van der Waals surface area contributed by atoms with Crippen LogP contribution >= 0.6 is 0 Å². The molecule has 4 heteroatoms. The number of carbonyl (C=O) groups excluding carboxylic acids is 1. The summed E-state index contributed by atoms with van der Waals surface area (Å²) in [6, 6.07) is 9.63. The van der Waals surface area contributed by atoms with Gasteiger partial charge in [-0.25, -0.2) is 4.52 Å². The fourth-order valence-electron chi connectivity index (χ4n) is 2.18. The Kier molecular flexibility index (Phi) is 3.29. The molecule has 3 aromatic rings. The maximum absolute atomic E-state index is 12.4. The van der Waals surface area contributed by atoms with Gasteiger partial charge in [0.2, 0.25) is 0 Å². The quantitative estimate of drug-likeness (QED) is 0.681. The van der Waals surface area contributed by atoms with E-state index in [2.05, 4.69) is 17.0 Å². The van der Waals surface area contributed by atoms with Crippen LogP contribution in [0.2, 0.25) is 0 Å². The molecule has 0 unspecified atom stereocenters. The molecule has 0 atom stereocenters. The van der Waals surface area contributed by atoms with Gasteiger partial charge in [0.1, 0.15) is 0 Å². The van der Waals surface area contributed by atoms with Crippen LogP contribution in [0.25, 0.3) is 5.52 Å². The number of rotatable bonds is 4. The van der Waals surface area contributed by atoms with Crippen LogP contribution in [0.5, 0.6) is 0 Å². The minimum Gasteiger partial charge on any atom is -0.294 e. The Morgan fingerprint density at radius 1 is 1.20 bits per heavy atom. The summed E-state index contributed by atoms with van der Waals surface area (Å²) in [5.41, 5.74) is 3.45. The van der Waals surface area contributed by atoms with E-state index in [0.29, 0.717) is 12.0 Å². The van der Waals surface area contributed by atoms with Gasteiger partial charge in [0.25, 0.3) is 0 Å². The summed E-state index contributed by atoms with van der Waals surface area (Å²) in [5, 5.41) is 4.18. The SMILES string of the molecule is CCc1ccc(CC(=O)c2cnn3ccccc23)nc1. The van der Waals surface area contributed by atoms with Crippen LogP contribution in [-0.4, -0.2) is 20.4 Å². The van der Waals surface area contributed by atoms with Crippen LogP contribution in [0.3, 0.4) is 0 Å². The van der Waals surface area contributed by atoms with E-state index in [1.807, 2.05) is 42.7 Å². The Morgan fingerprint density at radius 2 is 2.10 bits per heavy atom. The van der Waals surface area contributed by atoms with Crippen molar-refractivity contribution in [1.29, 1.82) is 0 Å². The highest BCUT2D eigenvalue weighted by molar-refractivity contribution is 6.03. The summed E-state index contributed by atoms with van der Waals surface area (Å²) in [7, 11) is 0. The number of aromatic nitrogens is 3. The Morgan fingerprint density at radius 3 is 2.85 bits per heavy atom. The second kappa shape index (κ2) is 5.25. The Hall–Kier alpha value is -2.49. The normalized spacial score (nSPS) is 10.8. The number of ketones is 1. The van der Waals surface area contributed by atoms with Gasteiger partial charge in [-0.2, -0.15) is 5.10 Å². The number of nitrogens with zero attached hydrogens (tertiary/aromatic N) is 3. The lowest BCUT2D eigenvalue weighted by atomic mass is 10.1. The average Bonchev–Trinajstić information content (AvgIpc) is 2.92. The fourth-order valence-corrected chi connectivity index (χ4v) is 2.18. The van der Waals surface area contributed by atoms with E-state index in [9.17, 15) is 4.79 Å². The van der Waals surface area contributed by atoms with E-state index < -0.39 is 0 Å². The molecule has 4 nitrogen and oxygen atoms in total. The third-order valence-corrected chi connectivity index (χ3v) is 3.36. The van der Waals surface area contributed by atoms with E-state index in [-0.39, 0.29) is 5.78 Å². The van der Waals surface area contributed by atoms with Crippen molar-refractivity contribution < 1.29 is 4.79 Å². The molecule has 0 aliphatic rings. The molecule has 0 fully saturated rings. The summed E-state index contributed by atoms with van der Waals surface area (Å²) in [6.45, 7) is 2.08. The van der Waals surface area contributed by atoms with Crippen LogP contribution in [0, 0.1) is 0 Å². The second-order valence-electron chi connectivity index (χ2n) is 4.70. The maximum Gasteiger partial charge on any atom is 0.172 e. The standard InChI is InChI=1S/C16H15N3O/c1-2-12-6-7-13(17-10-12)9-16(20)14-11-18-19-8-4-3-5-15(14)19/h3-8,10-11H,2,9H2,1H3. The van der Waals surface area contributed by atoms with Crippen molar-refractivity contribution in [3.8, 4) is 0 Å². The smallest absolute Gasteiger partial charge is 0.172 e. The highest BCUT2D eigenvalue weighted by Gasteiger charge is 2.13. The van der Waals surface area contributed by atoms with Crippen molar-refractivity contribution in [3.05, 3.63) is 65.7 Å². The highest BCUT2D eigenvalue weighted by atomic mass is 16.1. The molecule has 0 amide bonds. The van der Waals surface area contributed by atoms with Crippen molar-refractivity contribution >= 4 is 11.3 Å². The molecule has 3 heterocycles. The molecule has 20 heavy (non-hydrogen) atoms. The Bertz CT molecular complexity index is 744. The van der Waals surface area contributed by atoms with Crippen LogP contribution < -0.4 is 0 Å². The first-order valence-corrected chi connectivity index (χ1v) is 6.67. The number of fused-ring (bicyclic) bond motifs is 1. The molecule has 0 aromatic carbocycles. The second-order valence-corrected chi connectivity index (χ2v) is 4.70. The topological polar surface area (TPSA) is 47.3 Å². The Labute approximate surface area is 117 Å². The van der Waals surface area contributed by atoms with Gasteiger partial charge >= 0.3 is 0 Å². The van der Waals surface area contributed by atoms with Gasteiger partial charge in [0, 0.05) is 18.1 Å². The number of aryl methyl sites for hydroxylation is 1. The van der Waals surface area contributed by atoms with E-state index in [0.717, 1.165) is 17.6 Å². The summed E-state index contributed by atoms with van der Waals surface area (Å²) < 4.78 is 1.71. The van der Waals surface area contributed by atoms with Gasteiger partial charge in [0.05, 0.1) is 23.7 Å². The molecule has 3 rings (SSSR count). The number of Topliss-reactive ketones (excluding diaryl/α,β-unsaturated/α-hetero) is 1. The zero-order valence-electron chi connectivity index (χ0n) is 11.3. The van der Waals surface area contributed by atoms with Gasteiger partial charge in [-0.05, 0) is 30.2 Å². The predicted octanol–water partition coefficient (Wildman–Crippen LogP) is 2.72. The van der Waals surface area contributed by atoms with E-state index >= 15 is 0 Å². The van der Waals surface area contributed by atoms with Crippen molar-refractivity contribution in [1.82, 2.24) is 14.6 Å². The van der Waals surface area contributed by atoms with E-state index in [1.54, 1.807) is 10.7 Å². The average molecular weight is 265 g/mol. The van der Waals surface area contributed by atoms with E-state index in [1.165, 1.54) is 5.56 Å². The minimum absolute atomic E-state index is 0.0444. The predicted molar refractivity (Wildman–Crippen MR) is 76.8 cm³/mol. The van der Waals surface area contributed by atoms with Gasteiger partial charge in [0.15, 0.2) is 5.78 Å². The zero-order valence-corrected chi connectivity index (χ0v) is 11.3. The molecule has 0 N–H and O–H groups in total. The summed E-state index contributed by atoms with van der Waals surface area (Å²) in [4.78, 5) is 16.7. The molecular formula is C16H15N3O. The lowest BCUT2D eigenvalue weighted by Gasteiger charge is -2.01. The summed E-state index contributed by atoms with van der Waals surface area (Å²) in [5.74, 6) is 0.0444. The van der Waals surface area contributed by atoms with Gasteiger partial charge in [-0.1, -0.05) is 19.1 Å². The third kappa shape index (κ3) is 2.32. The van der Waals surface area contributed by atoms with Crippen molar-refractivity contribution in [2.75, 3.05) is 0 Å². The number of carbonyl (C=O) groups is 1. The van der Waals surface area contributed by atoms with Crippen LogP contribution in [-0.2, 0) is 12.8 Å². The van der Waals surface area contributed by atoms with E-state index in [4.69, 9.17) is 0 Å². The first kappa shape index (κ1) is 12.5. The summed E-state index contributed by atoms with van der Waals surface area (Å²) in [6.07, 6.45) is 6.55. The zero-order chi connectivity index (χ0) is 13.9. The molecule has 0 saturated heterocycles. The largest absolute Gasteiger partial charge is 0.294 e.